The lowest BCUT2D eigenvalue weighted by Crippen LogP contribution is -2.29. The summed E-state index contributed by atoms with van der Waals surface area (Å²) in [6, 6.07) is 3.08. The van der Waals surface area contributed by atoms with Crippen LogP contribution in [0.1, 0.15) is 12.8 Å². The highest BCUT2D eigenvalue weighted by molar-refractivity contribution is 5.24. The summed E-state index contributed by atoms with van der Waals surface area (Å²) in [6.07, 6.45) is 5.16. The van der Waals surface area contributed by atoms with Gasteiger partial charge in [0.25, 0.3) is 0 Å². The predicted octanol–water partition coefficient (Wildman–Crippen LogP) is 2.67. The van der Waals surface area contributed by atoms with Gasteiger partial charge in [-0.3, -0.25) is 0 Å². The molecule has 0 aliphatic heterocycles. The van der Waals surface area contributed by atoms with Crippen molar-refractivity contribution in [2.75, 3.05) is 6.61 Å². The molecule has 0 heterocycles. The zero-order valence-corrected chi connectivity index (χ0v) is 9.27. The lowest BCUT2D eigenvalue weighted by atomic mass is 9.92. The van der Waals surface area contributed by atoms with Crippen molar-refractivity contribution in [3.8, 4) is 5.75 Å². The topological polar surface area (TPSA) is 29.5 Å². The van der Waals surface area contributed by atoms with Gasteiger partial charge in [-0.15, -0.1) is 0 Å². The van der Waals surface area contributed by atoms with E-state index in [9.17, 15) is 13.9 Å². The van der Waals surface area contributed by atoms with Gasteiger partial charge in [0.15, 0.2) is 0 Å². The molecule has 1 aliphatic rings. The third kappa shape index (κ3) is 3.03. The number of aliphatic hydroxyl groups is 1. The van der Waals surface area contributed by atoms with Crippen molar-refractivity contribution in [1.82, 2.24) is 0 Å². The summed E-state index contributed by atoms with van der Waals surface area (Å²) in [4.78, 5) is 0. The van der Waals surface area contributed by atoms with Crippen LogP contribution in [0.5, 0.6) is 5.75 Å². The minimum atomic E-state index is -0.666. The van der Waals surface area contributed by atoms with Gasteiger partial charge in [-0.05, 0) is 18.9 Å². The fourth-order valence-electron chi connectivity index (χ4n) is 1.95. The number of aliphatic hydroxyl groups excluding tert-OH is 1. The zero-order valence-electron chi connectivity index (χ0n) is 9.27. The summed E-state index contributed by atoms with van der Waals surface area (Å²) in [5.41, 5.74) is 0. The Morgan fingerprint density at radius 1 is 1.24 bits per heavy atom. The molecule has 2 nitrogen and oxygen atoms in total. The molecule has 1 aromatic rings. The van der Waals surface area contributed by atoms with Crippen molar-refractivity contribution in [3.63, 3.8) is 0 Å². The fourth-order valence-corrected chi connectivity index (χ4v) is 1.95. The molecule has 2 rings (SSSR count). The second-order valence-electron chi connectivity index (χ2n) is 4.14. The normalized spacial score (nSPS) is 23.7. The third-order valence-corrected chi connectivity index (χ3v) is 2.84. The van der Waals surface area contributed by atoms with Gasteiger partial charge in [0, 0.05) is 30.7 Å². The molecule has 0 radical (unpaired) electrons. The van der Waals surface area contributed by atoms with Gasteiger partial charge in [0.05, 0.1) is 0 Å². The minimum absolute atomic E-state index is 0.00675. The number of rotatable bonds is 3. The molecule has 0 aromatic heterocycles. The summed E-state index contributed by atoms with van der Waals surface area (Å²) in [6.45, 7) is 0.00675. The standard InChI is InChI=1S/C13H14F2O2/c14-10-5-11(15)7-12(6-10)17-13-4-2-1-3-9(13)8-16/h2,4-7,9,13,16H,1,3,8H2/t9-,13-/m0/s1. The van der Waals surface area contributed by atoms with E-state index in [2.05, 4.69) is 0 Å². The molecule has 1 N–H and O–H groups in total. The maximum atomic E-state index is 13.0. The predicted molar refractivity (Wildman–Crippen MR) is 59.7 cm³/mol. The van der Waals surface area contributed by atoms with E-state index in [1.807, 2.05) is 12.2 Å². The molecule has 0 saturated carbocycles. The second-order valence-corrected chi connectivity index (χ2v) is 4.14. The number of ether oxygens (including phenoxy) is 1. The summed E-state index contributed by atoms with van der Waals surface area (Å²) >= 11 is 0. The van der Waals surface area contributed by atoms with Crippen molar-refractivity contribution in [2.24, 2.45) is 5.92 Å². The van der Waals surface area contributed by atoms with E-state index >= 15 is 0 Å². The van der Waals surface area contributed by atoms with Crippen molar-refractivity contribution < 1.29 is 18.6 Å². The highest BCUT2D eigenvalue weighted by Crippen LogP contribution is 2.24. The Balaban J connectivity index is 2.13. The van der Waals surface area contributed by atoms with Crippen molar-refractivity contribution in [3.05, 3.63) is 42.0 Å². The summed E-state index contributed by atoms with van der Waals surface area (Å²) in [5, 5.41) is 9.19. The molecule has 92 valence electrons. The summed E-state index contributed by atoms with van der Waals surface area (Å²) in [5.74, 6) is -1.20. The highest BCUT2D eigenvalue weighted by Gasteiger charge is 2.22. The first-order valence-electron chi connectivity index (χ1n) is 5.59. The maximum Gasteiger partial charge on any atom is 0.129 e. The first-order chi connectivity index (χ1) is 8.19. The van der Waals surface area contributed by atoms with E-state index in [1.54, 1.807) is 0 Å². The largest absolute Gasteiger partial charge is 0.486 e. The lowest BCUT2D eigenvalue weighted by molar-refractivity contribution is 0.106. The quantitative estimate of drug-likeness (QED) is 0.823. The Kier molecular flexibility index (Phi) is 3.74. The van der Waals surface area contributed by atoms with E-state index in [-0.39, 0.29) is 24.4 Å². The number of allylic oxidation sites excluding steroid dienone is 1. The molecular weight excluding hydrogens is 226 g/mol. The van der Waals surface area contributed by atoms with Crippen LogP contribution in [0.2, 0.25) is 0 Å². The molecule has 4 heteroatoms. The van der Waals surface area contributed by atoms with Gasteiger partial charge in [-0.1, -0.05) is 6.08 Å². The smallest absolute Gasteiger partial charge is 0.129 e. The number of hydrogen-bond acceptors (Lipinski definition) is 2. The zero-order chi connectivity index (χ0) is 12.3. The second kappa shape index (κ2) is 5.27. The van der Waals surface area contributed by atoms with Crippen LogP contribution in [0.15, 0.2) is 30.4 Å². The van der Waals surface area contributed by atoms with E-state index in [1.165, 1.54) is 0 Å². The van der Waals surface area contributed by atoms with Gasteiger partial charge in [-0.2, -0.15) is 0 Å². The Hall–Kier alpha value is -1.42. The molecule has 0 amide bonds. The van der Waals surface area contributed by atoms with Crippen molar-refractivity contribution in [2.45, 2.75) is 18.9 Å². The first kappa shape index (κ1) is 12.0. The summed E-state index contributed by atoms with van der Waals surface area (Å²) in [7, 11) is 0. The van der Waals surface area contributed by atoms with Crippen LogP contribution in [0.3, 0.4) is 0 Å². The van der Waals surface area contributed by atoms with Gasteiger partial charge in [-0.25, -0.2) is 8.78 Å². The van der Waals surface area contributed by atoms with Crippen LogP contribution >= 0.6 is 0 Å². The van der Waals surface area contributed by atoms with Gasteiger partial charge in [0.1, 0.15) is 23.5 Å². The highest BCUT2D eigenvalue weighted by atomic mass is 19.1. The Labute approximate surface area is 98.5 Å². The van der Waals surface area contributed by atoms with Gasteiger partial charge in [0.2, 0.25) is 0 Å². The molecular formula is C13H14F2O2. The number of benzene rings is 1. The van der Waals surface area contributed by atoms with Crippen LogP contribution in [0, 0.1) is 17.6 Å². The van der Waals surface area contributed by atoms with Crippen molar-refractivity contribution in [1.29, 1.82) is 0 Å². The SMILES string of the molecule is OC[C@@H]1CCC=C[C@@H]1Oc1cc(F)cc(F)c1. The fraction of sp³-hybridized carbons (Fsp3) is 0.385. The first-order valence-corrected chi connectivity index (χ1v) is 5.59. The summed E-state index contributed by atoms with van der Waals surface area (Å²) < 4.78 is 31.4. The maximum absolute atomic E-state index is 13.0. The minimum Gasteiger partial charge on any atom is -0.486 e. The monoisotopic (exact) mass is 240 g/mol. The van der Waals surface area contributed by atoms with Crippen LogP contribution in [0.25, 0.3) is 0 Å². The molecule has 0 fully saturated rings. The molecule has 2 atom stereocenters. The van der Waals surface area contributed by atoms with E-state index in [4.69, 9.17) is 4.74 Å². The van der Waals surface area contributed by atoms with Crippen LogP contribution in [0.4, 0.5) is 8.78 Å². The third-order valence-electron chi connectivity index (χ3n) is 2.84. The molecule has 0 saturated heterocycles. The van der Waals surface area contributed by atoms with Crippen LogP contribution in [-0.2, 0) is 0 Å². The molecule has 0 spiro atoms. The van der Waals surface area contributed by atoms with Gasteiger partial charge >= 0.3 is 0 Å². The van der Waals surface area contributed by atoms with Crippen LogP contribution < -0.4 is 4.74 Å². The Morgan fingerprint density at radius 2 is 1.94 bits per heavy atom. The Morgan fingerprint density at radius 3 is 2.59 bits per heavy atom. The number of halogens is 2. The molecule has 1 aromatic carbocycles. The van der Waals surface area contributed by atoms with Crippen molar-refractivity contribution >= 4 is 0 Å². The van der Waals surface area contributed by atoms with Gasteiger partial charge < -0.3 is 9.84 Å². The van der Waals surface area contributed by atoms with E-state index in [0.717, 1.165) is 31.0 Å². The van der Waals surface area contributed by atoms with Crippen LogP contribution in [-0.4, -0.2) is 17.8 Å². The average molecular weight is 240 g/mol. The van der Waals surface area contributed by atoms with E-state index < -0.39 is 11.6 Å². The molecule has 0 unspecified atom stereocenters. The molecule has 17 heavy (non-hydrogen) atoms. The molecule has 0 bridgehead atoms. The average Bonchev–Trinajstić information content (AvgIpc) is 2.28. The Bertz CT molecular complexity index is 398. The van der Waals surface area contributed by atoms with E-state index in [0.29, 0.717) is 0 Å². The lowest BCUT2D eigenvalue weighted by Gasteiger charge is -2.26. The number of hydrogen-bond donors (Lipinski definition) is 1. The molecule has 1 aliphatic carbocycles.